The minimum absolute atomic E-state index is 0.0699. The van der Waals surface area contributed by atoms with Gasteiger partial charge in [0.2, 0.25) is 0 Å². The van der Waals surface area contributed by atoms with Crippen molar-refractivity contribution in [1.29, 1.82) is 0 Å². The van der Waals surface area contributed by atoms with Gasteiger partial charge in [0.25, 0.3) is 0 Å². The predicted molar refractivity (Wildman–Crippen MR) is 72.7 cm³/mol. The van der Waals surface area contributed by atoms with Gasteiger partial charge in [-0.15, -0.1) is 0 Å². The van der Waals surface area contributed by atoms with E-state index < -0.39 is 0 Å². The van der Waals surface area contributed by atoms with Gasteiger partial charge in [0.1, 0.15) is 5.75 Å². The van der Waals surface area contributed by atoms with Gasteiger partial charge in [-0.25, -0.2) is 0 Å². The largest absolute Gasteiger partial charge is 0.496 e. The van der Waals surface area contributed by atoms with E-state index in [9.17, 15) is 0 Å². The topological polar surface area (TPSA) is 53.7 Å². The zero-order valence-corrected chi connectivity index (χ0v) is 11.8. The SMILES string of the molecule is COc1cc(OC(C)C)c(OC)cc1CC(C)N. The second-order valence-electron chi connectivity index (χ2n) is 4.66. The number of hydrogen-bond acceptors (Lipinski definition) is 4. The minimum atomic E-state index is 0.0699. The third-order valence-electron chi connectivity index (χ3n) is 2.47. The molecule has 1 atom stereocenters. The molecule has 0 heterocycles. The van der Waals surface area contributed by atoms with Gasteiger partial charge in [-0.3, -0.25) is 0 Å². The average Bonchev–Trinajstić information content (AvgIpc) is 2.29. The van der Waals surface area contributed by atoms with Crippen molar-refractivity contribution in [2.45, 2.75) is 39.3 Å². The molecule has 0 aliphatic heterocycles. The quantitative estimate of drug-likeness (QED) is 0.845. The Morgan fingerprint density at radius 2 is 1.61 bits per heavy atom. The second-order valence-corrected chi connectivity index (χ2v) is 4.66. The van der Waals surface area contributed by atoms with E-state index in [2.05, 4.69) is 0 Å². The van der Waals surface area contributed by atoms with E-state index in [1.54, 1.807) is 14.2 Å². The van der Waals surface area contributed by atoms with Crippen LogP contribution < -0.4 is 19.9 Å². The molecular weight excluding hydrogens is 230 g/mol. The summed E-state index contributed by atoms with van der Waals surface area (Å²) in [6.07, 6.45) is 0.824. The summed E-state index contributed by atoms with van der Waals surface area (Å²) in [5.74, 6) is 2.18. The number of methoxy groups -OCH3 is 2. The van der Waals surface area contributed by atoms with E-state index in [1.807, 2.05) is 32.9 Å². The Bertz CT molecular complexity index is 351. The molecule has 0 radical (unpaired) electrons. The van der Waals surface area contributed by atoms with Crippen LogP contribution in [0.4, 0.5) is 0 Å². The molecule has 102 valence electrons. The van der Waals surface area contributed by atoms with Crippen LogP contribution in [0.1, 0.15) is 26.3 Å². The highest BCUT2D eigenvalue weighted by Gasteiger charge is 2.14. The summed E-state index contributed by atoms with van der Waals surface area (Å²) in [5, 5.41) is 0. The normalized spacial score (nSPS) is 12.4. The van der Waals surface area contributed by atoms with Crippen molar-refractivity contribution in [1.82, 2.24) is 0 Å². The molecule has 0 aromatic heterocycles. The molecule has 1 aromatic rings. The van der Waals surface area contributed by atoms with Gasteiger partial charge in [-0.2, -0.15) is 0 Å². The Morgan fingerprint density at radius 3 is 2.06 bits per heavy atom. The van der Waals surface area contributed by atoms with Crippen LogP contribution in [0, 0.1) is 0 Å². The third-order valence-corrected chi connectivity index (χ3v) is 2.47. The van der Waals surface area contributed by atoms with Crippen LogP contribution in [0.25, 0.3) is 0 Å². The number of rotatable bonds is 6. The van der Waals surface area contributed by atoms with E-state index >= 15 is 0 Å². The first-order valence-electron chi connectivity index (χ1n) is 6.15. The van der Waals surface area contributed by atoms with Crippen LogP contribution in [-0.2, 0) is 6.42 Å². The highest BCUT2D eigenvalue weighted by Crippen LogP contribution is 2.35. The molecule has 0 aliphatic rings. The molecule has 0 aliphatic carbocycles. The molecule has 0 bridgehead atoms. The number of nitrogens with two attached hydrogens (primary N) is 1. The van der Waals surface area contributed by atoms with Gasteiger partial charge in [-0.05, 0) is 38.8 Å². The lowest BCUT2D eigenvalue weighted by molar-refractivity contribution is 0.228. The average molecular weight is 253 g/mol. The second kappa shape index (κ2) is 6.50. The lowest BCUT2D eigenvalue weighted by Crippen LogP contribution is -2.18. The van der Waals surface area contributed by atoms with Crippen molar-refractivity contribution < 1.29 is 14.2 Å². The fourth-order valence-corrected chi connectivity index (χ4v) is 1.79. The van der Waals surface area contributed by atoms with E-state index in [-0.39, 0.29) is 12.1 Å². The van der Waals surface area contributed by atoms with Crippen LogP contribution in [0.15, 0.2) is 12.1 Å². The molecule has 4 heteroatoms. The summed E-state index contributed by atoms with van der Waals surface area (Å²) >= 11 is 0. The number of ether oxygens (including phenoxy) is 3. The van der Waals surface area contributed by atoms with E-state index in [1.165, 1.54) is 0 Å². The van der Waals surface area contributed by atoms with Gasteiger partial charge in [0, 0.05) is 12.1 Å². The fourth-order valence-electron chi connectivity index (χ4n) is 1.79. The molecule has 0 fully saturated rings. The van der Waals surface area contributed by atoms with Crippen molar-refractivity contribution in [2.24, 2.45) is 5.73 Å². The van der Waals surface area contributed by atoms with Gasteiger partial charge >= 0.3 is 0 Å². The van der Waals surface area contributed by atoms with Gasteiger partial charge in [0.05, 0.1) is 20.3 Å². The molecule has 1 aromatic carbocycles. The van der Waals surface area contributed by atoms with E-state index in [0.29, 0.717) is 11.5 Å². The highest BCUT2D eigenvalue weighted by molar-refractivity contribution is 5.51. The smallest absolute Gasteiger partial charge is 0.165 e. The van der Waals surface area contributed by atoms with Crippen LogP contribution in [0.5, 0.6) is 17.2 Å². The van der Waals surface area contributed by atoms with Crippen LogP contribution >= 0.6 is 0 Å². The van der Waals surface area contributed by atoms with E-state index in [4.69, 9.17) is 19.9 Å². The zero-order valence-electron chi connectivity index (χ0n) is 11.8. The van der Waals surface area contributed by atoms with Crippen molar-refractivity contribution >= 4 is 0 Å². The maximum atomic E-state index is 5.83. The molecule has 0 saturated carbocycles. The summed E-state index contributed by atoms with van der Waals surface area (Å²) in [6, 6.07) is 3.86. The molecule has 0 spiro atoms. The molecule has 4 nitrogen and oxygen atoms in total. The molecular formula is C14H23NO3. The Kier molecular flexibility index (Phi) is 5.28. The van der Waals surface area contributed by atoms with Crippen molar-refractivity contribution in [2.75, 3.05) is 14.2 Å². The first kappa shape index (κ1) is 14.6. The Morgan fingerprint density at radius 1 is 1.00 bits per heavy atom. The first-order valence-corrected chi connectivity index (χ1v) is 6.15. The van der Waals surface area contributed by atoms with Crippen molar-refractivity contribution in [3.8, 4) is 17.2 Å². The molecule has 1 unspecified atom stereocenters. The Balaban J connectivity index is 3.14. The summed E-state index contributed by atoms with van der Waals surface area (Å²) in [7, 11) is 3.27. The van der Waals surface area contributed by atoms with Crippen LogP contribution in [-0.4, -0.2) is 26.4 Å². The third kappa shape index (κ3) is 3.81. The van der Waals surface area contributed by atoms with Gasteiger partial charge < -0.3 is 19.9 Å². The highest BCUT2D eigenvalue weighted by atomic mass is 16.5. The monoisotopic (exact) mass is 253 g/mol. The predicted octanol–water partition coefficient (Wildman–Crippen LogP) is 2.38. The van der Waals surface area contributed by atoms with Gasteiger partial charge in [-0.1, -0.05) is 0 Å². The maximum Gasteiger partial charge on any atom is 0.165 e. The number of hydrogen-bond donors (Lipinski definition) is 1. The standard InChI is InChI=1S/C14H23NO3/c1-9(2)18-14-8-12(16-4)11(6-10(3)15)7-13(14)17-5/h7-10H,6,15H2,1-5H3. The molecule has 0 amide bonds. The van der Waals surface area contributed by atoms with Crippen LogP contribution in [0.2, 0.25) is 0 Å². The molecule has 2 N–H and O–H groups in total. The van der Waals surface area contributed by atoms with Crippen molar-refractivity contribution in [3.63, 3.8) is 0 Å². The zero-order chi connectivity index (χ0) is 13.7. The lowest BCUT2D eigenvalue weighted by atomic mass is 10.1. The molecule has 18 heavy (non-hydrogen) atoms. The summed E-state index contributed by atoms with van der Waals surface area (Å²) in [6.45, 7) is 5.91. The molecule has 1 rings (SSSR count). The Hall–Kier alpha value is -1.42. The van der Waals surface area contributed by atoms with E-state index in [0.717, 1.165) is 17.7 Å². The summed E-state index contributed by atoms with van der Waals surface area (Å²) < 4.78 is 16.4. The molecule has 0 saturated heterocycles. The minimum Gasteiger partial charge on any atom is -0.496 e. The fraction of sp³-hybridized carbons (Fsp3) is 0.571. The first-order chi connectivity index (χ1) is 8.47. The van der Waals surface area contributed by atoms with Crippen LogP contribution in [0.3, 0.4) is 0 Å². The number of benzene rings is 1. The maximum absolute atomic E-state index is 5.83. The van der Waals surface area contributed by atoms with Gasteiger partial charge in [0.15, 0.2) is 11.5 Å². The lowest BCUT2D eigenvalue weighted by Gasteiger charge is -2.18. The Labute approximate surface area is 109 Å². The summed E-state index contributed by atoms with van der Waals surface area (Å²) in [5.41, 5.74) is 6.86. The summed E-state index contributed by atoms with van der Waals surface area (Å²) in [4.78, 5) is 0. The van der Waals surface area contributed by atoms with Crippen molar-refractivity contribution in [3.05, 3.63) is 17.7 Å².